The van der Waals surface area contributed by atoms with Gasteiger partial charge in [0.2, 0.25) is 5.91 Å². The monoisotopic (exact) mass is 403 g/mol. The minimum Gasteiger partial charge on any atom is -0.352 e. The number of hydrogen-bond acceptors (Lipinski definition) is 3. The van der Waals surface area contributed by atoms with Gasteiger partial charge in [-0.3, -0.25) is 14.2 Å². The Morgan fingerprint density at radius 2 is 1.96 bits per heavy atom. The molecule has 0 aliphatic heterocycles. The number of aromatic nitrogens is 2. The van der Waals surface area contributed by atoms with Gasteiger partial charge in [-0.2, -0.15) is 0 Å². The third-order valence-corrected chi connectivity index (χ3v) is 4.26. The number of benzene rings is 2. The summed E-state index contributed by atoms with van der Waals surface area (Å²) in [5, 5.41) is 3.25. The van der Waals surface area contributed by atoms with Gasteiger partial charge in [0.15, 0.2) is 0 Å². The molecule has 0 aliphatic rings. The van der Waals surface area contributed by atoms with Crippen molar-refractivity contribution in [1.82, 2.24) is 14.9 Å². The smallest absolute Gasteiger partial charge is 0.261 e. The summed E-state index contributed by atoms with van der Waals surface area (Å²) in [6.45, 7) is 0.556. The Labute approximate surface area is 151 Å². The summed E-state index contributed by atoms with van der Waals surface area (Å²) in [5.74, 6) is -0.504. The Hall–Kier alpha value is -2.54. The van der Waals surface area contributed by atoms with Crippen LogP contribution in [0, 0.1) is 5.82 Å². The summed E-state index contributed by atoms with van der Waals surface area (Å²) in [6, 6.07) is 11.2. The van der Waals surface area contributed by atoms with E-state index < -0.39 is 0 Å². The van der Waals surface area contributed by atoms with Crippen LogP contribution < -0.4 is 10.9 Å². The highest BCUT2D eigenvalue weighted by atomic mass is 79.9. The van der Waals surface area contributed by atoms with E-state index in [4.69, 9.17) is 0 Å². The first-order chi connectivity index (χ1) is 12.0. The average Bonchev–Trinajstić information content (AvgIpc) is 2.61. The van der Waals surface area contributed by atoms with Gasteiger partial charge in [0, 0.05) is 24.0 Å². The Morgan fingerprint density at radius 3 is 2.72 bits per heavy atom. The number of aryl methyl sites for hydroxylation is 1. The molecule has 7 heteroatoms. The number of hydrogen-bond donors (Lipinski definition) is 1. The number of fused-ring (bicyclic) bond motifs is 1. The zero-order valence-electron chi connectivity index (χ0n) is 13.2. The standard InChI is InChI=1S/C18H15BrFN3O2/c19-13-3-6-16-15(9-13)18(25)23(11-22-16)8-7-17(24)21-10-12-1-4-14(20)5-2-12/h1-6,9,11H,7-8,10H2,(H,21,24). The second-order valence-electron chi connectivity index (χ2n) is 5.56. The largest absolute Gasteiger partial charge is 0.352 e. The molecule has 1 N–H and O–H groups in total. The first-order valence-corrected chi connectivity index (χ1v) is 8.48. The number of halogens is 2. The van der Waals surface area contributed by atoms with Crippen molar-refractivity contribution in [1.29, 1.82) is 0 Å². The summed E-state index contributed by atoms with van der Waals surface area (Å²) in [4.78, 5) is 28.6. The van der Waals surface area contributed by atoms with Crippen LogP contribution in [0.5, 0.6) is 0 Å². The molecule has 1 aromatic heterocycles. The van der Waals surface area contributed by atoms with Gasteiger partial charge < -0.3 is 5.32 Å². The molecular formula is C18H15BrFN3O2. The van der Waals surface area contributed by atoms with Gasteiger partial charge in [0.25, 0.3) is 5.56 Å². The van der Waals surface area contributed by atoms with Crippen LogP contribution in [-0.2, 0) is 17.9 Å². The van der Waals surface area contributed by atoms with E-state index in [1.807, 2.05) is 6.07 Å². The molecule has 25 heavy (non-hydrogen) atoms. The molecular weight excluding hydrogens is 389 g/mol. The highest BCUT2D eigenvalue weighted by Crippen LogP contribution is 2.14. The van der Waals surface area contributed by atoms with E-state index in [9.17, 15) is 14.0 Å². The van der Waals surface area contributed by atoms with E-state index in [1.165, 1.54) is 23.0 Å². The topological polar surface area (TPSA) is 64.0 Å². The highest BCUT2D eigenvalue weighted by molar-refractivity contribution is 9.10. The van der Waals surface area contributed by atoms with E-state index in [0.29, 0.717) is 17.4 Å². The van der Waals surface area contributed by atoms with Gasteiger partial charge >= 0.3 is 0 Å². The van der Waals surface area contributed by atoms with Crippen LogP contribution in [-0.4, -0.2) is 15.5 Å². The average molecular weight is 404 g/mol. The molecule has 128 valence electrons. The molecule has 3 rings (SSSR count). The van der Waals surface area contributed by atoms with Crippen molar-refractivity contribution < 1.29 is 9.18 Å². The molecule has 0 bridgehead atoms. The highest BCUT2D eigenvalue weighted by Gasteiger charge is 2.07. The summed E-state index contributed by atoms with van der Waals surface area (Å²) < 4.78 is 15.1. The van der Waals surface area contributed by atoms with E-state index >= 15 is 0 Å². The Morgan fingerprint density at radius 1 is 1.20 bits per heavy atom. The lowest BCUT2D eigenvalue weighted by Crippen LogP contribution is -2.27. The molecule has 3 aromatic rings. The summed E-state index contributed by atoms with van der Waals surface area (Å²) >= 11 is 3.34. The van der Waals surface area contributed by atoms with Crippen LogP contribution in [0.3, 0.4) is 0 Å². The van der Waals surface area contributed by atoms with Gasteiger partial charge in [-0.05, 0) is 35.9 Å². The van der Waals surface area contributed by atoms with E-state index in [1.54, 1.807) is 24.3 Å². The zero-order valence-corrected chi connectivity index (χ0v) is 14.8. The SMILES string of the molecule is O=C(CCn1cnc2ccc(Br)cc2c1=O)NCc1ccc(F)cc1. The predicted octanol–water partition coefficient (Wildman–Crippen LogP) is 3.00. The van der Waals surface area contributed by atoms with E-state index in [0.717, 1.165) is 10.0 Å². The lowest BCUT2D eigenvalue weighted by atomic mass is 10.2. The van der Waals surface area contributed by atoms with Crippen molar-refractivity contribution in [3.63, 3.8) is 0 Å². The van der Waals surface area contributed by atoms with Crippen LogP contribution in [0.25, 0.3) is 10.9 Å². The third kappa shape index (κ3) is 4.30. The molecule has 5 nitrogen and oxygen atoms in total. The fourth-order valence-electron chi connectivity index (χ4n) is 2.40. The van der Waals surface area contributed by atoms with Crippen molar-refractivity contribution in [2.45, 2.75) is 19.5 Å². The van der Waals surface area contributed by atoms with Crippen LogP contribution in [0.15, 0.2) is 58.1 Å². The van der Waals surface area contributed by atoms with Gasteiger partial charge in [-0.15, -0.1) is 0 Å². The van der Waals surface area contributed by atoms with E-state index in [2.05, 4.69) is 26.2 Å². The molecule has 2 aromatic carbocycles. The van der Waals surface area contributed by atoms with Crippen molar-refractivity contribution in [2.75, 3.05) is 0 Å². The van der Waals surface area contributed by atoms with Crippen molar-refractivity contribution in [3.05, 3.63) is 75.0 Å². The maximum Gasteiger partial charge on any atom is 0.261 e. The lowest BCUT2D eigenvalue weighted by molar-refractivity contribution is -0.121. The number of nitrogens with one attached hydrogen (secondary N) is 1. The Bertz CT molecular complexity index is 970. The molecule has 0 radical (unpaired) electrons. The number of rotatable bonds is 5. The molecule has 0 saturated carbocycles. The van der Waals surface area contributed by atoms with Gasteiger partial charge in [-0.1, -0.05) is 28.1 Å². The molecule has 0 atom stereocenters. The molecule has 0 spiro atoms. The summed E-state index contributed by atoms with van der Waals surface area (Å²) in [7, 11) is 0. The van der Waals surface area contributed by atoms with Crippen LogP contribution in [0.2, 0.25) is 0 Å². The Kier molecular flexibility index (Phi) is 5.23. The second kappa shape index (κ2) is 7.57. The first-order valence-electron chi connectivity index (χ1n) is 7.69. The fourth-order valence-corrected chi connectivity index (χ4v) is 2.76. The zero-order chi connectivity index (χ0) is 17.8. The van der Waals surface area contributed by atoms with Crippen molar-refractivity contribution >= 4 is 32.7 Å². The predicted molar refractivity (Wildman–Crippen MR) is 96.6 cm³/mol. The first kappa shape index (κ1) is 17.3. The normalized spacial score (nSPS) is 10.8. The maximum absolute atomic E-state index is 12.8. The summed E-state index contributed by atoms with van der Waals surface area (Å²) in [5.41, 5.74) is 1.24. The Balaban J connectivity index is 1.62. The summed E-state index contributed by atoms with van der Waals surface area (Å²) in [6.07, 6.45) is 1.61. The maximum atomic E-state index is 12.8. The molecule has 1 amide bonds. The van der Waals surface area contributed by atoms with Crippen LogP contribution >= 0.6 is 15.9 Å². The van der Waals surface area contributed by atoms with Crippen LogP contribution in [0.1, 0.15) is 12.0 Å². The van der Waals surface area contributed by atoms with Crippen molar-refractivity contribution in [2.24, 2.45) is 0 Å². The molecule has 0 saturated heterocycles. The third-order valence-electron chi connectivity index (χ3n) is 3.77. The van der Waals surface area contributed by atoms with Crippen LogP contribution in [0.4, 0.5) is 4.39 Å². The number of carbonyl (C=O) groups is 1. The number of nitrogens with zero attached hydrogens (tertiary/aromatic N) is 2. The number of carbonyl (C=O) groups excluding carboxylic acids is 1. The van der Waals surface area contributed by atoms with E-state index in [-0.39, 0.29) is 30.2 Å². The van der Waals surface area contributed by atoms with Crippen molar-refractivity contribution in [3.8, 4) is 0 Å². The minimum absolute atomic E-state index is 0.155. The molecule has 0 aliphatic carbocycles. The fraction of sp³-hybridized carbons (Fsp3) is 0.167. The second-order valence-corrected chi connectivity index (χ2v) is 6.47. The molecule has 0 fully saturated rings. The van der Waals surface area contributed by atoms with Gasteiger partial charge in [0.05, 0.1) is 17.2 Å². The quantitative estimate of drug-likeness (QED) is 0.711. The number of amides is 1. The minimum atomic E-state index is -0.315. The van der Waals surface area contributed by atoms with Gasteiger partial charge in [-0.25, -0.2) is 9.37 Å². The molecule has 0 unspecified atom stereocenters. The lowest BCUT2D eigenvalue weighted by Gasteiger charge is -2.08. The molecule has 1 heterocycles. The van der Waals surface area contributed by atoms with Gasteiger partial charge in [0.1, 0.15) is 5.82 Å².